The summed E-state index contributed by atoms with van der Waals surface area (Å²) in [6.45, 7) is 8.09. The standard InChI is InChI=1S/C9H17NO2S/c1-5-9(4)6(7(11)12)10-8(2,3)13-9/h6,10H,5H2,1-4H3,(H,11,12). The third kappa shape index (κ3) is 1.99. The predicted molar refractivity (Wildman–Crippen MR) is 54.9 cm³/mol. The zero-order valence-electron chi connectivity index (χ0n) is 8.55. The van der Waals surface area contributed by atoms with Crippen molar-refractivity contribution in [3.05, 3.63) is 0 Å². The molecule has 0 bridgehead atoms. The molecule has 0 aromatic heterocycles. The van der Waals surface area contributed by atoms with Crippen LogP contribution in [-0.2, 0) is 4.79 Å². The van der Waals surface area contributed by atoms with Gasteiger partial charge in [0.05, 0.1) is 4.87 Å². The molecule has 76 valence electrons. The van der Waals surface area contributed by atoms with E-state index in [-0.39, 0.29) is 9.62 Å². The van der Waals surface area contributed by atoms with E-state index in [1.165, 1.54) is 0 Å². The Bertz CT molecular complexity index is 230. The number of hydrogen-bond acceptors (Lipinski definition) is 3. The lowest BCUT2D eigenvalue weighted by Gasteiger charge is -2.25. The molecular weight excluding hydrogens is 186 g/mol. The first-order valence-electron chi connectivity index (χ1n) is 4.51. The van der Waals surface area contributed by atoms with Crippen molar-refractivity contribution in [1.82, 2.24) is 5.32 Å². The fourth-order valence-corrected chi connectivity index (χ4v) is 3.54. The molecule has 4 heteroatoms. The number of nitrogens with one attached hydrogen (secondary N) is 1. The van der Waals surface area contributed by atoms with Gasteiger partial charge in [0, 0.05) is 4.75 Å². The van der Waals surface area contributed by atoms with Gasteiger partial charge in [-0.25, -0.2) is 0 Å². The normalized spacial score (nSPS) is 37.7. The minimum atomic E-state index is -0.748. The molecule has 3 nitrogen and oxygen atoms in total. The summed E-state index contributed by atoms with van der Waals surface area (Å²) in [5, 5.41) is 12.2. The summed E-state index contributed by atoms with van der Waals surface area (Å²) < 4.78 is -0.185. The summed E-state index contributed by atoms with van der Waals surface area (Å²) in [5.41, 5.74) is 0. The lowest BCUT2D eigenvalue weighted by Crippen LogP contribution is -2.47. The van der Waals surface area contributed by atoms with Crippen LogP contribution in [0.1, 0.15) is 34.1 Å². The summed E-state index contributed by atoms with van der Waals surface area (Å²) in [7, 11) is 0. The Morgan fingerprint density at radius 1 is 1.54 bits per heavy atom. The highest BCUT2D eigenvalue weighted by Gasteiger charge is 2.50. The van der Waals surface area contributed by atoms with Crippen molar-refractivity contribution in [1.29, 1.82) is 0 Å². The van der Waals surface area contributed by atoms with Gasteiger partial charge in [-0.15, -0.1) is 11.8 Å². The molecule has 0 amide bonds. The SMILES string of the molecule is CCC1(C)SC(C)(C)NC1C(=O)O. The summed E-state index contributed by atoms with van der Waals surface area (Å²) in [6, 6.07) is -0.433. The van der Waals surface area contributed by atoms with Crippen LogP contribution in [0.3, 0.4) is 0 Å². The highest BCUT2D eigenvalue weighted by atomic mass is 32.2. The van der Waals surface area contributed by atoms with Crippen LogP contribution in [0.5, 0.6) is 0 Å². The van der Waals surface area contributed by atoms with Crippen LogP contribution < -0.4 is 5.32 Å². The van der Waals surface area contributed by atoms with E-state index >= 15 is 0 Å². The van der Waals surface area contributed by atoms with E-state index in [9.17, 15) is 4.79 Å². The second kappa shape index (κ2) is 3.17. The average molecular weight is 203 g/mol. The molecule has 1 aliphatic heterocycles. The van der Waals surface area contributed by atoms with Gasteiger partial charge in [0.2, 0.25) is 0 Å². The molecule has 0 radical (unpaired) electrons. The van der Waals surface area contributed by atoms with E-state index in [2.05, 4.69) is 5.32 Å². The molecule has 0 aliphatic carbocycles. The highest BCUT2D eigenvalue weighted by Crippen LogP contribution is 2.46. The molecule has 1 fully saturated rings. The Kier molecular flexibility index (Phi) is 2.65. The molecule has 2 N–H and O–H groups in total. The molecule has 1 aliphatic rings. The Morgan fingerprint density at radius 2 is 2.08 bits per heavy atom. The molecule has 0 aromatic carbocycles. The van der Waals surface area contributed by atoms with Gasteiger partial charge in [-0.05, 0) is 27.2 Å². The zero-order chi connectivity index (χ0) is 10.3. The fourth-order valence-electron chi connectivity index (χ4n) is 1.77. The smallest absolute Gasteiger partial charge is 0.322 e. The van der Waals surface area contributed by atoms with E-state index in [1.807, 2.05) is 27.7 Å². The van der Waals surface area contributed by atoms with E-state index in [0.717, 1.165) is 6.42 Å². The van der Waals surface area contributed by atoms with Crippen LogP contribution >= 0.6 is 11.8 Å². The van der Waals surface area contributed by atoms with Gasteiger partial charge in [0.15, 0.2) is 0 Å². The minimum Gasteiger partial charge on any atom is -0.480 e. The van der Waals surface area contributed by atoms with Crippen LogP contribution in [0, 0.1) is 0 Å². The highest BCUT2D eigenvalue weighted by molar-refractivity contribution is 8.02. The first kappa shape index (κ1) is 10.9. The maximum Gasteiger partial charge on any atom is 0.322 e. The molecule has 2 unspecified atom stereocenters. The number of aliphatic carboxylic acids is 1. The topological polar surface area (TPSA) is 49.3 Å². The van der Waals surface area contributed by atoms with Crippen LogP contribution in [0.2, 0.25) is 0 Å². The van der Waals surface area contributed by atoms with E-state index in [0.29, 0.717) is 0 Å². The van der Waals surface area contributed by atoms with Gasteiger partial charge in [0.25, 0.3) is 0 Å². The first-order chi connectivity index (χ1) is 5.81. The van der Waals surface area contributed by atoms with Crippen LogP contribution in [0.15, 0.2) is 0 Å². The zero-order valence-corrected chi connectivity index (χ0v) is 9.36. The second-order valence-electron chi connectivity index (χ2n) is 4.19. The summed E-state index contributed by atoms with van der Waals surface area (Å²) in [5.74, 6) is -0.748. The molecular formula is C9H17NO2S. The van der Waals surface area contributed by atoms with Crippen LogP contribution in [-0.4, -0.2) is 26.7 Å². The van der Waals surface area contributed by atoms with Gasteiger partial charge in [0.1, 0.15) is 6.04 Å². The number of hydrogen-bond donors (Lipinski definition) is 2. The Hall–Kier alpha value is -0.220. The van der Waals surface area contributed by atoms with Crippen molar-refractivity contribution in [3.8, 4) is 0 Å². The third-order valence-corrected chi connectivity index (χ3v) is 4.16. The van der Waals surface area contributed by atoms with Gasteiger partial charge in [-0.1, -0.05) is 6.92 Å². The van der Waals surface area contributed by atoms with Crippen LogP contribution in [0.4, 0.5) is 0 Å². The number of carbonyl (C=O) groups is 1. The molecule has 1 rings (SSSR count). The van der Waals surface area contributed by atoms with Crippen molar-refractivity contribution in [3.63, 3.8) is 0 Å². The minimum absolute atomic E-state index is 0.131. The van der Waals surface area contributed by atoms with Crippen molar-refractivity contribution < 1.29 is 9.90 Å². The second-order valence-corrected chi connectivity index (χ2v) is 6.35. The maximum atomic E-state index is 11.0. The Morgan fingerprint density at radius 3 is 2.38 bits per heavy atom. The van der Waals surface area contributed by atoms with Gasteiger partial charge in [-0.3, -0.25) is 10.1 Å². The fraction of sp³-hybridized carbons (Fsp3) is 0.889. The van der Waals surface area contributed by atoms with Gasteiger partial charge < -0.3 is 5.11 Å². The maximum absolute atomic E-state index is 11.0. The number of carboxylic acids is 1. The molecule has 0 spiro atoms. The monoisotopic (exact) mass is 203 g/mol. The van der Waals surface area contributed by atoms with Crippen molar-refractivity contribution >= 4 is 17.7 Å². The van der Waals surface area contributed by atoms with E-state index < -0.39 is 12.0 Å². The van der Waals surface area contributed by atoms with Crippen molar-refractivity contribution in [2.45, 2.75) is 49.8 Å². The van der Waals surface area contributed by atoms with Crippen molar-refractivity contribution in [2.75, 3.05) is 0 Å². The third-order valence-electron chi connectivity index (χ3n) is 2.54. The van der Waals surface area contributed by atoms with Crippen LogP contribution in [0.25, 0.3) is 0 Å². The Labute approximate surface area is 83.3 Å². The molecule has 1 saturated heterocycles. The molecule has 0 saturated carbocycles. The predicted octanol–water partition coefficient (Wildman–Crippen LogP) is 1.68. The number of rotatable bonds is 2. The quantitative estimate of drug-likeness (QED) is 0.717. The number of carboxylic acid groups (broad SMARTS) is 1. The average Bonchev–Trinajstić information content (AvgIpc) is 2.22. The molecule has 1 heterocycles. The molecule has 13 heavy (non-hydrogen) atoms. The van der Waals surface area contributed by atoms with Gasteiger partial charge in [-0.2, -0.15) is 0 Å². The van der Waals surface area contributed by atoms with E-state index in [4.69, 9.17) is 5.11 Å². The lowest BCUT2D eigenvalue weighted by molar-refractivity contribution is -0.140. The lowest BCUT2D eigenvalue weighted by atomic mass is 9.98. The van der Waals surface area contributed by atoms with Gasteiger partial charge >= 0.3 is 5.97 Å². The summed E-state index contributed by atoms with van der Waals surface area (Å²) >= 11 is 1.71. The van der Waals surface area contributed by atoms with Crippen molar-refractivity contribution in [2.24, 2.45) is 0 Å². The Balaban J connectivity index is 2.90. The van der Waals surface area contributed by atoms with E-state index in [1.54, 1.807) is 11.8 Å². The molecule has 0 aromatic rings. The molecule has 2 atom stereocenters. The first-order valence-corrected chi connectivity index (χ1v) is 5.33. The number of thioether (sulfide) groups is 1. The largest absolute Gasteiger partial charge is 0.480 e. The summed E-state index contributed by atoms with van der Waals surface area (Å²) in [4.78, 5) is 10.9. The summed E-state index contributed by atoms with van der Waals surface area (Å²) in [6.07, 6.45) is 0.866.